The Balaban J connectivity index is 1.75. The predicted octanol–water partition coefficient (Wildman–Crippen LogP) is 5.29. The SMILES string of the molecule is C[C@@H](O[Si](C)(C)C(C)(C)C)[C@H]1C(=O)N(Cc2ccccc2)[C@@H]1[Se]Cc1ccccc1. The Morgan fingerprint density at radius 3 is 2.07 bits per heavy atom. The van der Waals surface area contributed by atoms with Crippen molar-refractivity contribution in [3.05, 3.63) is 71.8 Å². The molecule has 30 heavy (non-hydrogen) atoms. The number of hydrogen-bond donors (Lipinski definition) is 0. The second-order valence-corrected chi connectivity index (χ2v) is 16.8. The summed E-state index contributed by atoms with van der Waals surface area (Å²) >= 11 is 0.305. The van der Waals surface area contributed by atoms with E-state index in [0.717, 1.165) is 5.32 Å². The summed E-state index contributed by atoms with van der Waals surface area (Å²) in [5.41, 5.74) is 2.55. The maximum absolute atomic E-state index is 13.2. The molecular formula is C25H35NO2SeSi. The fourth-order valence-corrected chi connectivity index (χ4v) is 8.09. The number of β-lactam (4-membered cyclic amide) rings is 1. The van der Waals surface area contributed by atoms with Crippen LogP contribution in [-0.2, 0) is 21.1 Å². The molecule has 3 nitrogen and oxygen atoms in total. The van der Waals surface area contributed by atoms with E-state index in [9.17, 15) is 4.79 Å². The Morgan fingerprint density at radius 1 is 1.00 bits per heavy atom. The summed E-state index contributed by atoms with van der Waals surface area (Å²) in [6.07, 6.45) is -0.0342. The van der Waals surface area contributed by atoms with Crippen LogP contribution in [0.4, 0.5) is 0 Å². The van der Waals surface area contributed by atoms with Gasteiger partial charge in [0.1, 0.15) is 0 Å². The van der Waals surface area contributed by atoms with Crippen LogP contribution >= 0.6 is 0 Å². The average molecular weight is 489 g/mol. The molecule has 5 heteroatoms. The van der Waals surface area contributed by atoms with Crippen LogP contribution in [0.5, 0.6) is 0 Å². The topological polar surface area (TPSA) is 29.5 Å². The van der Waals surface area contributed by atoms with Gasteiger partial charge in [0.2, 0.25) is 0 Å². The first-order valence-electron chi connectivity index (χ1n) is 10.8. The predicted molar refractivity (Wildman–Crippen MR) is 128 cm³/mol. The average Bonchev–Trinajstić information content (AvgIpc) is 2.69. The molecule has 3 atom stereocenters. The van der Waals surface area contributed by atoms with Gasteiger partial charge in [0.25, 0.3) is 0 Å². The zero-order chi connectivity index (χ0) is 21.9. The van der Waals surface area contributed by atoms with Crippen molar-refractivity contribution in [3.63, 3.8) is 0 Å². The Bertz CT molecular complexity index is 835. The van der Waals surface area contributed by atoms with Crippen LogP contribution in [0.25, 0.3) is 0 Å². The van der Waals surface area contributed by atoms with Gasteiger partial charge in [0.05, 0.1) is 0 Å². The summed E-state index contributed by atoms with van der Waals surface area (Å²) in [4.78, 5) is 15.6. The number of likely N-dealkylation sites (tertiary alicyclic amines) is 1. The quantitative estimate of drug-likeness (QED) is 0.374. The second kappa shape index (κ2) is 9.40. The molecule has 0 unspecified atom stereocenters. The molecule has 1 heterocycles. The van der Waals surface area contributed by atoms with Gasteiger partial charge in [-0.1, -0.05) is 0 Å². The molecule has 1 aliphatic heterocycles. The zero-order valence-electron chi connectivity index (χ0n) is 19.1. The summed E-state index contributed by atoms with van der Waals surface area (Å²) in [5, 5.41) is 1.18. The minimum atomic E-state index is -1.92. The van der Waals surface area contributed by atoms with E-state index in [4.69, 9.17) is 4.43 Å². The third kappa shape index (κ3) is 5.26. The van der Waals surface area contributed by atoms with Gasteiger partial charge in [0.15, 0.2) is 0 Å². The van der Waals surface area contributed by atoms with Gasteiger partial charge in [-0.05, 0) is 0 Å². The third-order valence-corrected chi connectivity index (χ3v) is 13.9. The normalized spacial score (nSPS) is 20.7. The minimum absolute atomic E-state index is 0.0217. The number of benzene rings is 2. The van der Waals surface area contributed by atoms with Crippen molar-refractivity contribution in [1.29, 1.82) is 0 Å². The van der Waals surface area contributed by atoms with E-state index >= 15 is 0 Å². The van der Waals surface area contributed by atoms with Crippen LogP contribution in [0.15, 0.2) is 60.7 Å². The molecule has 0 radical (unpaired) electrons. The van der Waals surface area contributed by atoms with E-state index in [1.165, 1.54) is 11.1 Å². The summed E-state index contributed by atoms with van der Waals surface area (Å²) < 4.78 is 6.66. The Hall–Kier alpha value is -1.39. The fourth-order valence-electron chi connectivity index (χ4n) is 3.60. The first-order chi connectivity index (χ1) is 14.1. The molecule has 2 aromatic rings. The third-order valence-electron chi connectivity index (χ3n) is 6.43. The number of carbonyl (C=O) groups is 1. The van der Waals surface area contributed by atoms with Gasteiger partial charge in [-0.15, -0.1) is 0 Å². The van der Waals surface area contributed by atoms with E-state index in [0.29, 0.717) is 21.5 Å². The molecule has 0 aliphatic carbocycles. The van der Waals surface area contributed by atoms with Crippen molar-refractivity contribution in [1.82, 2.24) is 4.90 Å². The molecule has 1 amide bonds. The molecule has 1 fully saturated rings. The number of amides is 1. The van der Waals surface area contributed by atoms with Crippen molar-refractivity contribution < 1.29 is 9.22 Å². The van der Waals surface area contributed by atoms with Gasteiger partial charge in [-0.3, -0.25) is 0 Å². The van der Waals surface area contributed by atoms with Crippen molar-refractivity contribution >= 4 is 29.2 Å². The van der Waals surface area contributed by atoms with Gasteiger partial charge < -0.3 is 0 Å². The molecule has 0 bridgehead atoms. The van der Waals surface area contributed by atoms with Crippen molar-refractivity contribution in [3.8, 4) is 0 Å². The van der Waals surface area contributed by atoms with Crippen molar-refractivity contribution in [2.75, 3.05) is 0 Å². The van der Waals surface area contributed by atoms with E-state index in [1.54, 1.807) is 0 Å². The number of nitrogens with zero attached hydrogens (tertiary/aromatic N) is 1. The molecule has 0 saturated carbocycles. The first kappa shape index (κ1) is 23.3. The van der Waals surface area contributed by atoms with E-state index in [-0.39, 0.29) is 27.9 Å². The van der Waals surface area contributed by atoms with Crippen LogP contribution in [0.3, 0.4) is 0 Å². The molecule has 2 aromatic carbocycles. The summed E-state index contributed by atoms with van der Waals surface area (Å²) in [6.45, 7) is 14.1. The Kier molecular flexibility index (Phi) is 7.29. The van der Waals surface area contributed by atoms with Crippen LogP contribution < -0.4 is 0 Å². The summed E-state index contributed by atoms with van der Waals surface area (Å²) in [6, 6.07) is 21.0. The molecule has 1 aliphatic rings. The standard InChI is InChI=1S/C25H35NO2SeSi/c1-19(28-30(5,6)25(2,3)4)22-23(27)26(17-20-13-9-7-10-14-20)24(22)29-18-21-15-11-8-12-16-21/h7-16,19,22,24H,17-18H2,1-6H3/t19-,22+,24-/m1/s1. The van der Waals surface area contributed by atoms with Crippen LogP contribution in [0.1, 0.15) is 38.8 Å². The first-order valence-corrected chi connectivity index (χ1v) is 15.9. The molecule has 1 saturated heterocycles. The fraction of sp³-hybridized carbons (Fsp3) is 0.480. The van der Waals surface area contributed by atoms with Crippen LogP contribution in [-0.4, -0.2) is 45.1 Å². The van der Waals surface area contributed by atoms with Crippen molar-refractivity contribution in [2.24, 2.45) is 5.92 Å². The molecule has 0 spiro atoms. The van der Waals surface area contributed by atoms with Gasteiger partial charge >= 0.3 is 190 Å². The number of hydrogen-bond acceptors (Lipinski definition) is 2. The summed E-state index contributed by atoms with van der Waals surface area (Å²) in [5.74, 6) is 0.233. The van der Waals surface area contributed by atoms with Crippen molar-refractivity contribution in [2.45, 2.75) is 68.7 Å². The Labute approximate surface area is 189 Å². The van der Waals surface area contributed by atoms with Gasteiger partial charge in [0, 0.05) is 0 Å². The second-order valence-electron chi connectivity index (χ2n) is 9.75. The van der Waals surface area contributed by atoms with Crippen LogP contribution in [0.2, 0.25) is 18.1 Å². The molecule has 0 aromatic heterocycles. The maximum atomic E-state index is 13.2. The monoisotopic (exact) mass is 489 g/mol. The molecular weight excluding hydrogens is 453 g/mol. The summed E-state index contributed by atoms with van der Waals surface area (Å²) in [7, 11) is -1.92. The van der Waals surface area contributed by atoms with E-state index < -0.39 is 8.32 Å². The van der Waals surface area contributed by atoms with E-state index in [1.807, 2.05) is 18.2 Å². The molecule has 162 valence electrons. The molecule has 0 N–H and O–H groups in total. The number of rotatable bonds is 8. The van der Waals surface area contributed by atoms with Gasteiger partial charge in [-0.25, -0.2) is 0 Å². The molecule has 3 rings (SSSR count). The zero-order valence-corrected chi connectivity index (χ0v) is 21.8. The number of carbonyl (C=O) groups excluding carboxylic acids is 1. The van der Waals surface area contributed by atoms with E-state index in [2.05, 4.69) is 88.2 Å². The van der Waals surface area contributed by atoms with Gasteiger partial charge in [-0.2, -0.15) is 0 Å². The Morgan fingerprint density at radius 2 is 1.53 bits per heavy atom. The van der Waals surface area contributed by atoms with Crippen LogP contribution in [0, 0.1) is 5.92 Å².